The molecule has 1 heteroatoms. The summed E-state index contributed by atoms with van der Waals surface area (Å²) in [6, 6.07) is 44.1. The first-order valence-corrected chi connectivity index (χ1v) is 13.7. The summed E-state index contributed by atoms with van der Waals surface area (Å²) in [5.41, 5.74) is 8.01. The molecule has 1 nitrogen and oxygen atoms in total. The van der Waals surface area contributed by atoms with E-state index < -0.39 is 0 Å². The SMILES string of the molecule is CC(C)c1c(-c2ccccc2)ccc2c(CC(C)c3cc4ccccc4c[n+]3-c3ccccc3)cccc12. The third-order valence-electron chi connectivity index (χ3n) is 7.77. The number of rotatable bonds is 6. The number of fused-ring (bicyclic) bond motifs is 2. The molecule has 1 atom stereocenters. The standard InChI is InChI=1S/C37H34N/c1-26(2)37-34(28-13-6-4-7-14-28)22-21-33-30(17-12-20-35(33)37)23-27(3)36-24-29-15-10-11-16-31(29)25-38(36)32-18-8-5-9-19-32/h4-22,24-27H,23H2,1-3H3/q+1. The van der Waals surface area contributed by atoms with Crippen LogP contribution in [0.4, 0.5) is 0 Å². The van der Waals surface area contributed by atoms with Gasteiger partial charge in [0.25, 0.3) is 0 Å². The quantitative estimate of drug-likeness (QED) is 0.204. The molecule has 0 bridgehead atoms. The summed E-state index contributed by atoms with van der Waals surface area (Å²) in [7, 11) is 0. The minimum Gasteiger partial charge on any atom is -0.164 e. The summed E-state index contributed by atoms with van der Waals surface area (Å²) in [4.78, 5) is 0. The van der Waals surface area contributed by atoms with E-state index in [0.717, 1.165) is 6.42 Å². The molecule has 38 heavy (non-hydrogen) atoms. The van der Waals surface area contributed by atoms with Crippen molar-refractivity contribution >= 4 is 21.5 Å². The maximum Gasteiger partial charge on any atom is 0.210 e. The lowest BCUT2D eigenvalue weighted by molar-refractivity contribution is -0.604. The maximum atomic E-state index is 2.38. The van der Waals surface area contributed by atoms with E-state index in [1.54, 1.807) is 0 Å². The van der Waals surface area contributed by atoms with Gasteiger partial charge in [-0.3, -0.25) is 0 Å². The molecule has 5 aromatic carbocycles. The van der Waals surface area contributed by atoms with Gasteiger partial charge < -0.3 is 0 Å². The summed E-state index contributed by atoms with van der Waals surface area (Å²) in [6.45, 7) is 6.99. The molecule has 0 aliphatic rings. The summed E-state index contributed by atoms with van der Waals surface area (Å²) in [5.74, 6) is 0.768. The van der Waals surface area contributed by atoms with Crippen LogP contribution in [0.25, 0.3) is 38.4 Å². The van der Waals surface area contributed by atoms with Gasteiger partial charge >= 0.3 is 0 Å². The van der Waals surface area contributed by atoms with Crippen molar-refractivity contribution < 1.29 is 4.57 Å². The molecule has 6 aromatic rings. The van der Waals surface area contributed by atoms with Crippen LogP contribution in [-0.2, 0) is 6.42 Å². The normalized spacial score (nSPS) is 12.3. The first-order chi connectivity index (χ1) is 18.6. The Hall–Kier alpha value is -4.23. The zero-order valence-corrected chi connectivity index (χ0v) is 22.4. The van der Waals surface area contributed by atoms with Crippen LogP contribution < -0.4 is 4.57 Å². The summed E-state index contributed by atoms with van der Waals surface area (Å²) < 4.78 is 2.38. The molecule has 1 heterocycles. The Morgan fingerprint density at radius 2 is 1.29 bits per heavy atom. The van der Waals surface area contributed by atoms with Crippen molar-refractivity contribution in [1.29, 1.82) is 0 Å². The lowest BCUT2D eigenvalue weighted by Crippen LogP contribution is -2.36. The van der Waals surface area contributed by atoms with Gasteiger partial charge in [0, 0.05) is 29.5 Å². The molecular formula is C37H34N+. The third kappa shape index (κ3) is 4.50. The van der Waals surface area contributed by atoms with Crippen LogP contribution in [0, 0.1) is 0 Å². The number of hydrogen-bond donors (Lipinski definition) is 0. The van der Waals surface area contributed by atoms with Crippen LogP contribution in [0.5, 0.6) is 0 Å². The van der Waals surface area contributed by atoms with Crippen LogP contribution >= 0.6 is 0 Å². The minimum atomic E-state index is 0.335. The summed E-state index contributed by atoms with van der Waals surface area (Å²) in [6.07, 6.45) is 3.27. The van der Waals surface area contributed by atoms with Crippen LogP contribution in [0.3, 0.4) is 0 Å². The van der Waals surface area contributed by atoms with Gasteiger partial charge in [0.05, 0.1) is 0 Å². The average molecular weight is 493 g/mol. The fourth-order valence-electron chi connectivity index (χ4n) is 5.94. The van der Waals surface area contributed by atoms with E-state index >= 15 is 0 Å². The van der Waals surface area contributed by atoms with Crippen molar-refractivity contribution in [2.75, 3.05) is 0 Å². The number of hydrogen-bond acceptors (Lipinski definition) is 0. The van der Waals surface area contributed by atoms with Gasteiger partial charge in [-0.25, -0.2) is 0 Å². The maximum absolute atomic E-state index is 2.38. The molecule has 0 saturated heterocycles. The van der Waals surface area contributed by atoms with E-state index in [-0.39, 0.29) is 0 Å². The smallest absolute Gasteiger partial charge is 0.164 e. The highest BCUT2D eigenvalue weighted by molar-refractivity contribution is 5.94. The largest absolute Gasteiger partial charge is 0.210 e. The molecule has 1 unspecified atom stereocenters. The van der Waals surface area contributed by atoms with E-state index in [1.165, 1.54) is 55.2 Å². The van der Waals surface area contributed by atoms with Crippen LogP contribution in [0.15, 0.2) is 128 Å². The Morgan fingerprint density at radius 1 is 0.605 bits per heavy atom. The minimum absolute atomic E-state index is 0.335. The molecule has 1 aromatic heterocycles. The van der Waals surface area contributed by atoms with Gasteiger partial charge in [0.15, 0.2) is 11.9 Å². The lowest BCUT2D eigenvalue weighted by Gasteiger charge is -2.19. The van der Waals surface area contributed by atoms with Crippen molar-refractivity contribution in [3.63, 3.8) is 0 Å². The molecule has 0 fully saturated rings. The predicted octanol–water partition coefficient (Wildman–Crippen LogP) is 9.41. The Labute approximate surface area is 226 Å². The zero-order chi connectivity index (χ0) is 26.1. The van der Waals surface area contributed by atoms with E-state index in [9.17, 15) is 0 Å². The van der Waals surface area contributed by atoms with Crippen molar-refractivity contribution in [2.24, 2.45) is 0 Å². The van der Waals surface area contributed by atoms with E-state index in [2.05, 4.69) is 153 Å². The second kappa shape index (κ2) is 10.3. The first-order valence-electron chi connectivity index (χ1n) is 13.7. The first kappa shape index (κ1) is 24.1. The lowest BCUT2D eigenvalue weighted by atomic mass is 9.85. The highest BCUT2D eigenvalue weighted by atomic mass is 15.0. The van der Waals surface area contributed by atoms with E-state index in [0.29, 0.717) is 11.8 Å². The van der Waals surface area contributed by atoms with Gasteiger partial charge in [-0.15, -0.1) is 0 Å². The molecule has 0 N–H and O–H groups in total. The number of pyridine rings is 1. The number of nitrogens with zero attached hydrogens (tertiary/aromatic N) is 1. The van der Waals surface area contributed by atoms with Crippen molar-refractivity contribution in [2.45, 2.75) is 39.0 Å². The highest BCUT2D eigenvalue weighted by Crippen LogP contribution is 2.37. The van der Waals surface area contributed by atoms with Crippen LogP contribution in [0.1, 0.15) is 49.4 Å². The highest BCUT2D eigenvalue weighted by Gasteiger charge is 2.23. The van der Waals surface area contributed by atoms with E-state index in [4.69, 9.17) is 0 Å². The molecule has 0 saturated carbocycles. The van der Waals surface area contributed by atoms with Gasteiger partial charge in [-0.1, -0.05) is 118 Å². The van der Waals surface area contributed by atoms with Crippen LogP contribution in [-0.4, -0.2) is 0 Å². The monoisotopic (exact) mass is 492 g/mol. The van der Waals surface area contributed by atoms with Gasteiger partial charge in [-0.2, -0.15) is 4.57 Å². The average Bonchev–Trinajstić information content (AvgIpc) is 2.96. The molecule has 0 radical (unpaired) electrons. The molecule has 0 aliphatic carbocycles. The van der Waals surface area contributed by atoms with Crippen molar-refractivity contribution in [3.8, 4) is 16.8 Å². The molecule has 6 rings (SSSR count). The Morgan fingerprint density at radius 3 is 2.03 bits per heavy atom. The topological polar surface area (TPSA) is 3.88 Å². The Bertz CT molecular complexity index is 1720. The number of para-hydroxylation sites is 1. The summed E-state index contributed by atoms with van der Waals surface area (Å²) in [5, 5.41) is 5.29. The zero-order valence-electron chi connectivity index (χ0n) is 22.4. The fourth-order valence-corrected chi connectivity index (χ4v) is 5.94. The van der Waals surface area contributed by atoms with Gasteiger partial charge in [0.2, 0.25) is 5.69 Å². The molecule has 0 aliphatic heterocycles. The molecule has 0 spiro atoms. The number of aromatic nitrogens is 1. The number of benzene rings is 5. The summed E-state index contributed by atoms with van der Waals surface area (Å²) >= 11 is 0. The second-order valence-electron chi connectivity index (χ2n) is 10.7. The van der Waals surface area contributed by atoms with Crippen molar-refractivity contribution in [1.82, 2.24) is 0 Å². The molecular weight excluding hydrogens is 458 g/mol. The Kier molecular flexibility index (Phi) is 6.52. The third-order valence-corrected chi connectivity index (χ3v) is 7.77. The fraction of sp³-hybridized carbons (Fsp3) is 0.162. The second-order valence-corrected chi connectivity index (χ2v) is 10.7. The van der Waals surface area contributed by atoms with Gasteiger partial charge in [0.1, 0.15) is 0 Å². The Balaban J connectivity index is 1.46. The molecule has 186 valence electrons. The predicted molar refractivity (Wildman–Crippen MR) is 161 cm³/mol. The van der Waals surface area contributed by atoms with Crippen LogP contribution in [0.2, 0.25) is 0 Å². The molecule has 0 amide bonds. The van der Waals surface area contributed by atoms with Crippen molar-refractivity contribution in [3.05, 3.63) is 144 Å². The van der Waals surface area contributed by atoms with E-state index in [1.807, 2.05) is 0 Å². The van der Waals surface area contributed by atoms with Gasteiger partial charge in [-0.05, 0) is 56.8 Å².